The molecule has 0 amide bonds. The highest BCUT2D eigenvalue weighted by atomic mass is 16.3. The van der Waals surface area contributed by atoms with Crippen molar-refractivity contribution in [1.82, 2.24) is 9.78 Å². The molecule has 2 aromatic rings. The average Bonchev–Trinajstić information content (AvgIpc) is 2.91. The normalized spacial score (nSPS) is 14.4. The van der Waals surface area contributed by atoms with E-state index in [0.29, 0.717) is 6.54 Å². The SMILES string of the molecule is Cc1ccc(-c2c(CN)nn3c2CCC3)o1. The zero-order chi connectivity index (χ0) is 11.1. The van der Waals surface area contributed by atoms with Gasteiger partial charge in [-0.1, -0.05) is 0 Å². The molecule has 4 heteroatoms. The van der Waals surface area contributed by atoms with E-state index in [0.717, 1.165) is 35.7 Å². The summed E-state index contributed by atoms with van der Waals surface area (Å²) in [4.78, 5) is 0. The Balaban J connectivity index is 2.18. The predicted molar refractivity (Wildman–Crippen MR) is 60.9 cm³/mol. The second-order valence-corrected chi connectivity index (χ2v) is 4.21. The van der Waals surface area contributed by atoms with E-state index in [1.807, 2.05) is 19.1 Å². The first kappa shape index (κ1) is 9.66. The minimum atomic E-state index is 0.467. The molecule has 2 aromatic heterocycles. The Labute approximate surface area is 94.0 Å². The van der Waals surface area contributed by atoms with Crippen LogP contribution in [0.25, 0.3) is 11.3 Å². The number of rotatable bonds is 2. The molecule has 0 saturated carbocycles. The fraction of sp³-hybridized carbons (Fsp3) is 0.417. The molecule has 0 unspecified atom stereocenters. The number of nitrogens with zero attached hydrogens (tertiary/aromatic N) is 2. The van der Waals surface area contributed by atoms with Crippen molar-refractivity contribution in [2.45, 2.75) is 32.9 Å². The van der Waals surface area contributed by atoms with Crippen molar-refractivity contribution in [2.75, 3.05) is 0 Å². The van der Waals surface area contributed by atoms with Crippen molar-refractivity contribution in [2.24, 2.45) is 5.73 Å². The van der Waals surface area contributed by atoms with Crippen LogP contribution >= 0.6 is 0 Å². The fourth-order valence-corrected chi connectivity index (χ4v) is 2.38. The Hall–Kier alpha value is -1.55. The van der Waals surface area contributed by atoms with Crippen LogP contribution in [0, 0.1) is 6.92 Å². The van der Waals surface area contributed by atoms with Gasteiger partial charge in [-0.3, -0.25) is 4.68 Å². The fourth-order valence-electron chi connectivity index (χ4n) is 2.38. The maximum atomic E-state index is 5.74. The van der Waals surface area contributed by atoms with E-state index in [9.17, 15) is 0 Å². The lowest BCUT2D eigenvalue weighted by molar-refractivity contribution is 0.547. The Morgan fingerprint density at radius 1 is 1.50 bits per heavy atom. The Kier molecular flexibility index (Phi) is 2.11. The van der Waals surface area contributed by atoms with Gasteiger partial charge < -0.3 is 10.2 Å². The van der Waals surface area contributed by atoms with Gasteiger partial charge in [0.25, 0.3) is 0 Å². The minimum absolute atomic E-state index is 0.467. The van der Waals surface area contributed by atoms with Crippen LogP contribution in [0.4, 0.5) is 0 Å². The third-order valence-corrected chi connectivity index (χ3v) is 3.09. The lowest BCUT2D eigenvalue weighted by atomic mass is 10.1. The monoisotopic (exact) mass is 217 g/mol. The second-order valence-electron chi connectivity index (χ2n) is 4.21. The van der Waals surface area contributed by atoms with Gasteiger partial charge in [0.05, 0.1) is 11.3 Å². The van der Waals surface area contributed by atoms with Crippen LogP contribution in [0.2, 0.25) is 0 Å². The lowest BCUT2D eigenvalue weighted by Gasteiger charge is -1.99. The highest BCUT2D eigenvalue weighted by molar-refractivity contribution is 5.64. The molecule has 0 aromatic carbocycles. The highest BCUT2D eigenvalue weighted by Crippen LogP contribution is 2.32. The molecule has 3 heterocycles. The Morgan fingerprint density at radius 3 is 3.06 bits per heavy atom. The second kappa shape index (κ2) is 3.49. The Bertz CT molecular complexity index is 524. The van der Waals surface area contributed by atoms with Gasteiger partial charge >= 0.3 is 0 Å². The standard InChI is InChI=1S/C12H15N3O/c1-8-4-5-11(16-8)12-9(7-13)14-15-6-2-3-10(12)15/h4-5H,2-3,6-7,13H2,1H3. The predicted octanol–water partition coefficient (Wildman–Crippen LogP) is 1.86. The molecule has 0 fully saturated rings. The summed E-state index contributed by atoms with van der Waals surface area (Å²) in [7, 11) is 0. The van der Waals surface area contributed by atoms with Crippen LogP contribution < -0.4 is 5.73 Å². The van der Waals surface area contributed by atoms with Gasteiger partial charge in [-0.25, -0.2) is 0 Å². The third kappa shape index (κ3) is 1.30. The van der Waals surface area contributed by atoms with Crippen LogP contribution in [-0.2, 0) is 19.5 Å². The summed E-state index contributed by atoms with van der Waals surface area (Å²) in [5.74, 6) is 1.83. The summed E-state index contributed by atoms with van der Waals surface area (Å²) < 4.78 is 7.75. The quantitative estimate of drug-likeness (QED) is 0.835. The van der Waals surface area contributed by atoms with Gasteiger partial charge in [0.1, 0.15) is 11.5 Å². The summed E-state index contributed by atoms with van der Waals surface area (Å²) in [6.07, 6.45) is 2.24. The molecule has 2 N–H and O–H groups in total. The van der Waals surface area contributed by atoms with Gasteiger partial charge in [-0.2, -0.15) is 5.10 Å². The topological polar surface area (TPSA) is 57.0 Å². The number of hydrogen-bond acceptors (Lipinski definition) is 3. The first-order valence-corrected chi connectivity index (χ1v) is 5.65. The van der Waals surface area contributed by atoms with E-state index < -0.39 is 0 Å². The maximum Gasteiger partial charge on any atom is 0.138 e. The van der Waals surface area contributed by atoms with E-state index >= 15 is 0 Å². The molecule has 1 aliphatic heterocycles. The molecule has 0 saturated heterocycles. The van der Waals surface area contributed by atoms with Crippen molar-refractivity contribution in [1.29, 1.82) is 0 Å². The van der Waals surface area contributed by atoms with Crippen LogP contribution in [0.1, 0.15) is 23.6 Å². The highest BCUT2D eigenvalue weighted by Gasteiger charge is 2.23. The molecule has 3 rings (SSSR count). The number of nitrogens with two attached hydrogens (primary N) is 1. The third-order valence-electron chi connectivity index (χ3n) is 3.09. The first-order chi connectivity index (χ1) is 7.79. The van der Waals surface area contributed by atoms with Crippen molar-refractivity contribution < 1.29 is 4.42 Å². The Morgan fingerprint density at radius 2 is 2.38 bits per heavy atom. The van der Waals surface area contributed by atoms with Gasteiger partial charge in [-0.15, -0.1) is 0 Å². The largest absolute Gasteiger partial charge is 0.461 e. The zero-order valence-corrected chi connectivity index (χ0v) is 9.36. The molecule has 0 radical (unpaired) electrons. The average molecular weight is 217 g/mol. The van der Waals surface area contributed by atoms with Crippen LogP contribution in [0.3, 0.4) is 0 Å². The summed E-state index contributed by atoms with van der Waals surface area (Å²) in [5, 5.41) is 4.53. The number of fused-ring (bicyclic) bond motifs is 1. The summed E-state index contributed by atoms with van der Waals surface area (Å²) >= 11 is 0. The number of hydrogen-bond donors (Lipinski definition) is 1. The molecule has 1 aliphatic rings. The molecule has 0 bridgehead atoms. The van der Waals surface area contributed by atoms with Gasteiger partial charge in [-0.05, 0) is 31.9 Å². The number of aryl methyl sites for hydroxylation is 2. The minimum Gasteiger partial charge on any atom is -0.461 e. The lowest BCUT2D eigenvalue weighted by Crippen LogP contribution is -2.01. The molecule has 0 spiro atoms. The van der Waals surface area contributed by atoms with E-state index in [2.05, 4.69) is 9.78 Å². The zero-order valence-electron chi connectivity index (χ0n) is 9.36. The van der Waals surface area contributed by atoms with E-state index in [1.54, 1.807) is 0 Å². The van der Waals surface area contributed by atoms with Crippen LogP contribution in [-0.4, -0.2) is 9.78 Å². The summed E-state index contributed by atoms with van der Waals surface area (Å²) in [5.41, 5.74) is 9.08. The van der Waals surface area contributed by atoms with Crippen molar-refractivity contribution in [3.05, 3.63) is 29.3 Å². The smallest absolute Gasteiger partial charge is 0.138 e. The first-order valence-electron chi connectivity index (χ1n) is 5.65. The van der Waals surface area contributed by atoms with Gasteiger partial charge in [0, 0.05) is 18.8 Å². The van der Waals surface area contributed by atoms with E-state index in [4.69, 9.17) is 10.2 Å². The van der Waals surface area contributed by atoms with Crippen molar-refractivity contribution in [3.63, 3.8) is 0 Å². The number of furan rings is 1. The molecular formula is C12H15N3O. The molecule has 0 atom stereocenters. The van der Waals surface area contributed by atoms with E-state index in [1.165, 1.54) is 12.1 Å². The molecular weight excluding hydrogens is 202 g/mol. The maximum absolute atomic E-state index is 5.74. The van der Waals surface area contributed by atoms with Crippen molar-refractivity contribution >= 4 is 0 Å². The summed E-state index contributed by atoms with van der Waals surface area (Å²) in [6.45, 7) is 3.42. The van der Waals surface area contributed by atoms with Gasteiger partial charge in [0.2, 0.25) is 0 Å². The number of aromatic nitrogens is 2. The molecule has 4 nitrogen and oxygen atoms in total. The van der Waals surface area contributed by atoms with Crippen molar-refractivity contribution in [3.8, 4) is 11.3 Å². The summed E-state index contributed by atoms with van der Waals surface area (Å²) in [6, 6.07) is 3.99. The van der Waals surface area contributed by atoms with Crippen LogP contribution in [0.5, 0.6) is 0 Å². The molecule has 0 aliphatic carbocycles. The van der Waals surface area contributed by atoms with E-state index in [-0.39, 0.29) is 0 Å². The molecule has 84 valence electrons. The molecule has 16 heavy (non-hydrogen) atoms. The van der Waals surface area contributed by atoms with Gasteiger partial charge in [0.15, 0.2) is 0 Å². The van der Waals surface area contributed by atoms with Crippen LogP contribution in [0.15, 0.2) is 16.5 Å².